The maximum absolute atomic E-state index is 12.8. The summed E-state index contributed by atoms with van der Waals surface area (Å²) >= 11 is 0. The van der Waals surface area contributed by atoms with Crippen molar-refractivity contribution >= 4 is 11.5 Å². The molecule has 2 aromatic rings. The van der Waals surface area contributed by atoms with Crippen LogP contribution in [0.15, 0.2) is 23.0 Å². The minimum absolute atomic E-state index is 0.148. The van der Waals surface area contributed by atoms with Crippen LogP contribution in [0.2, 0.25) is 0 Å². The number of rotatable bonds is 5. The second-order valence-corrected chi connectivity index (χ2v) is 6.05. The lowest BCUT2D eigenvalue weighted by Crippen LogP contribution is -2.24. The Balaban J connectivity index is 2.79. The van der Waals surface area contributed by atoms with Crippen LogP contribution in [0.1, 0.15) is 48.8 Å². The van der Waals surface area contributed by atoms with Crippen LogP contribution in [-0.4, -0.2) is 22.1 Å². The fourth-order valence-corrected chi connectivity index (χ4v) is 2.68. The molecule has 5 heteroatoms. The SMILES string of the molecule is CCOC(=O)c1c(O)n2c(C)cccc2c(CCC(C)C)c1=O. The van der Waals surface area contributed by atoms with Gasteiger partial charge in [0.1, 0.15) is 0 Å². The molecule has 0 fully saturated rings. The predicted molar refractivity (Wildman–Crippen MR) is 89.2 cm³/mol. The van der Waals surface area contributed by atoms with E-state index in [-0.39, 0.29) is 18.1 Å². The highest BCUT2D eigenvalue weighted by molar-refractivity contribution is 5.93. The zero-order valence-electron chi connectivity index (χ0n) is 14.0. The number of nitrogens with zero attached hydrogens (tertiary/aromatic N) is 1. The summed E-state index contributed by atoms with van der Waals surface area (Å²) in [6.45, 7) is 7.79. The van der Waals surface area contributed by atoms with Gasteiger partial charge >= 0.3 is 5.97 Å². The molecule has 0 amide bonds. The summed E-state index contributed by atoms with van der Waals surface area (Å²) in [6, 6.07) is 5.45. The highest BCUT2D eigenvalue weighted by Gasteiger charge is 2.24. The standard InChI is InChI=1S/C18H23NO4/c1-5-23-18(22)15-16(20)13(10-9-11(2)3)14-8-6-7-12(4)19(14)17(15)21/h6-8,11,21H,5,9-10H2,1-4H3. The van der Waals surface area contributed by atoms with E-state index in [0.29, 0.717) is 23.4 Å². The second-order valence-electron chi connectivity index (χ2n) is 6.05. The summed E-state index contributed by atoms with van der Waals surface area (Å²) in [5.41, 5.74) is 1.21. The fourth-order valence-electron chi connectivity index (χ4n) is 2.68. The van der Waals surface area contributed by atoms with E-state index in [2.05, 4.69) is 13.8 Å². The number of aryl methyl sites for hydroxylation is 2. The number of carbonyl (C=O) groups is 1. The average molecular weight is 317 g/mol. The fraction of sp³-hybridized carbons (Fsp3) is 0.444. The van der Waals surface area contributed by atoms with Crippen LogP contribution >= 0.6 is 0 Å². The molecule has 0 aliphatic heterocycles. The molecular weight excluding hydrogens is 294 g/mol. The molecule has 124 valence electrons. The van der Waals surface area contributed by atoms with Crippen LogP contribution in [0, 0.1) is 12.8 Å². The van der Waals surface area contributed by atoms with Gasteiger partial charge in [-0.3, -0.25) is 9.20 Å². The molecule has 0 aliphatic rings. The zero-order valence-corrected chi connectivity index (χ0v) is 14.0. The van der Waals surface area contributed by atoms with Crippen molar-refractivity contribution in [3.05, 3.63) is 45.2 Å². The van der Waals surface area contributed by atoms with Gasteiger partial charge in [0.25, 0.3) is 0 Å². The summed E-state index contributed by atoms with van der Waals surface area (Å²) < 4.78 is 6.49. The van der Waals surface area contributed by atoms with Crippen LogP contribution in [-0.2, 0) is 11.2 Å². The molecule has 0 saturated carbocycles. The molecule has 23 heavy (non-hydrogen) atoms. The topological polar surface area (TPSA) is 68.0 Å². The number of fused-ring (bicyclic) bond motifs is 1. The number of hydrogen-bond acceptors (Lipinski definition) is 4. The van der Waals surface area contributed by atoms with Crippen molar-refractivity contribution in [2.24, 2.45) is 5.92 Å². The van der Waals surface area contributed by atoms with Gasteiger partial charge in [-0.05, 0) is 44.7 Å². The third-order valence-electron chi connectivity index (χ3n) is 3.88. The monoisotopic (exact) mass is 317 g/mol. The molecule has 0 aliphatic carbocycles. The minimum Gasteiger partial charge on any atom is -0.493 e. The highest BCUT2D eigenvalue weighted by Crippen LogP contribution is 2.23. The Labute approximate surface area is 135 Å². The smallest absolute Gasteiger partial charge is 0.347 e. The van der Waals surface area contributed by atoms with E-state index >= 15 is 0 Å². The van der Waals surface area contributed by atoms with Crippen molar-refractivity contribution in [1.29, 1.82) is 0 Å². The molecule has 0 atom stereocenters. The van der Waals surface area contributed by atoms with Crippen LogP contribution in [0.5, 0.6) is 5.88 Å². The summed E-state index contributed by atoms with van der Waals surface area (Å²) in [5, 5.41) is 10.5. The minimum atomic E-state index is -0.779. The van der Waals surface area contributed by atoms with Crippen LogP contribution in [0.4, 0.5) is 0 Å². The summed E-state index contributed by atoms with van der Waals surface area (Å²) in [6.07, 6.45) is 1.38. The molecule has 0 aromatic carbocycles. The number of pyridine rings is 2. The van der Waals surface area contributed by atoms with E-state index in [1.165, 1.54) is 0 Å². The number of carbonyl (C=O) groups excluding carboxylic acids is 1. The van der Waals surface area contributed by atoms with Crippen molar-refractivity contribution in [1.82, 2.24) is 4.40 Å². The Morgan fingerprint density at radius 2 is 2.04 bits per heavy atom. The quantitative estimate of drug-likeness (QED) is 0.861. The Morgan fingerprint density at radius 1 is 1.35 bits per heavy atom. The van der Waals surface area contributed by atoms with E-state index in [0.717, 1.165) is 12.1 Å². The first kappa shape index (κ1) is 17.1. The third kappa shape index (κ3) is 3.23. The van der Waals surface area contributed by atoms with Gasteiger partial charge in [0.15, 0.2) is 5.56 Å². The normalized spacial score (nSPS) is 11.2. The third-order valence-corrected chi connectivity index (χ3v) is 3.88. The average Bonchev–Trinajstić information content (AvgIpc) is 2.46. The van der Waals surface area contributed by atoms with Gasteiger partial charge in [-0.2, -0.15) is 0 Å². The lowest BCUT2D eigenvalue weighted by atomic mass is 9.99. The van der Waals surface area contributed by atoms with Crippen LogP contribution < -0.4 is 5.43 Å². The molecule has 0 bridgehead atoms. The molecule has 5 nitrogen and oxygen atoms in total. The van der Waals surface area contributed by atoms with Gasteiger partial charge in [0.05, 0.1) is 12.1 Å². The molecule has 2 heterocycles. The number of aromatic hydroxyl groups is 1. The molecule has 2 aromatic heterocycles. The Hall–Kier alpha value is -2.30. The number of hydrogen-bond donors (Lipinski definition) is 1. The van der Waals surface area contributed by atoms with Gasteiger partial charge in [-0.1, -0.05) is 19.9 Å². The van der Waals surface area contributed by atoms with Gasteiger partial charge in [0.2, 0.25) is 11.3 Å². The lowest BCUT2D eigenvalue weighted by Gasteiger charge is -2.15. The van der Waals surface area contributed by atoms with Gasteiger partial charge in [-0.15, -0.1) is 0 Å². The first-order chi connectivity index (χ1) is 10.9. The second kappa shape index (κ2) is 6.86. The van der Waals surface area contributed by atoms with Crippen molar-refractivity contribution in [2.75, 3.05) is 6.61 Å². The van der Waals surface area contributed by atoms with E-state index in [1.54, 1.807) is 17.4 Å². The largest absolute Gasteiger partial charge is 0.493 e. The van der Waals surface area contributed by atoms with Crippen molar-refractivity contribution < 1.29 is 14.6 Å². The van der Waals surface area contributed by atoms with Gasteiger partial charge < -0.3 is 9.84 Å². The van der Waals surface area contributed by atoms with E-state index in [4.69, 9.17) is 4.74 Å². The Morgan fingerprint density at radius 3 is 2.65 bits per heavy atom. The zero-order chi connectivity index (χ0) is 17.1. The molecular formula is C18H23NO4. The molecule has 0 radical (unpaired) electrons. The maximum Gasteiger partial charge on any atom is 0.347 e. The Bertz CT molecular complexity index is 790. The molecule has 0 unspecified atom stereocenters. The molecule has 0 spiro atoms. The summed E-state index contributed by atoms with van der Waals surface area (Å²) in [4.78, 5) is 24.9. The molecule has 1 N–H and O–H groups in total. The van der Waals surface area contributed by atoms with Crippen LogP contribution in [0.25, 0.3) is 5.52 Å². The predicted octanol–water partition coefficient (Wildman–Crippen LogP) is 3.08. The van der Waals surface area contributed by atoms with E-state index in [9.17, 15) is 14.7 Å². The van der Waals surface area contributed by atoms with Crippen molar-refractivity contribution in [3.8, 4) is 5.88 Å². The van der Waals surface area contributed by atoms with Gasteiger partial charge in [0, 0.05) is 11.3 Å². The van der Waals surface area contributed by atoms with E-state index in [1.807, 2.05) is 19.1 Å². The van der Waals surface area contributed by atoms with Crippen molar-refractivity contribution in [2.45, 2.75) is 40.5 Å². The first-order valence-corrected chi connectivity index (χ1v) is 7.91. The first-order valence-electron chi connectivity index (χ1n) is 7.91. The van der Waals surface area contributed by atoms with E-state index < -0.39 is 11.4 Å². The summed E-state index contributed by atoms with van der Waals surface area (Å²) in [7, 11) is 0. The molecule has 0 saturated heterocycles. The highest BCUT2D eigenvalue weighted by atomic mass is 16.5. The van der Waals surface area contributed by atoms with Gasteiger partial charge in [-0.25, -0.2) is 4.79 Å². The Kier molecular flexibility index (Phi) is 5.08. The lowest BCUT2D eigenvalue weighted by molar-refractivity contribution is 0.0520. The maximum atomic E-state index is 12.8. The van der Waals surface area contributed by atoms with Crippen LogP contribution in [0.3, 0.4) is 0 Å². The summed E-state index contributed by atoms with van der Waals surface area (Å²) in [5.74, 6) is -0.701. The number of aromatic nitrogens is 1. The van der Waals surface area contributed by atoms with Crippen molar-refractivity contribution in [3.63, 3.8) is 0 Å². The number of ether oxygens (including phenoxy) is 1. The number of esters is 1. The molecule has 2 rings (SSSR count).